The van der Waals surface area contributed by atoms with E-state index in [2.05, 4.69) is 5.32 Å². The third-order valence-corrected chi connectivity index (χ3v) is 3.02. The molecular formula is C15H15ClFN. The Hall–Kier alpha value is -1.38. The van der Waals surface area contributed by atoms with Gasteiger partial charge in [-0.25, -0.2) is 4.39 Å². The topological polar surface area (TPSA) is 12.0 Å². The molecule has 0 bridgehead atoms. The summed E-state index contributed by atoms with van der Waals surface area (Å²) in [6, 6.07) is 13.0. The van der Waals surface area contributed by atoms with E-state index in [1.165, 1.54) is 0 Å². The van der Waals surface area contributed by atoms with Crippen LogP contribution in [-0.2, 0) is 13.1 Å². The fraction of sp³-hybridized carbons (Fsp3) is 0.200. The predicted octanol–water partition coefficient (Wildman–Crippen LogP) is 4.08. The van der Waals surface area contributed by atoms with Gasteiger partial charge < -0.3 is 5.32 Å². The molecule has 3 heteroatoms. The van der Waals surface area contributed by atoms with Crippen molar-refractivity contribution in [2.75, 3.05) is 0 Å². The molecule has 0 atom stereocenters. The van der Waals surface area contributed by atoms with E-state index in [1.54, 1.807) is 19.1 Å². The number of hydrogen-bond donors (Lipinski definition) is 1. The zero-order valence-electron chi connectivity index (χ0n) is 10.2. The van der Waals surface area contributed by atoms with Gasteiger partial charge in [-0.15, -0.1) is 0 Å². The van der Waals surface area contributed by atoms with Crippen molar-refractivity contribution >= 4 is 11.6 Å². The molecule has 0 saturated heterocycles. The SMILES string of the molecule is Cc1ccc(CNCc2cccc(Cl)c2)cc1F. The van der Waals surface area contributed by atoms with Crippen LogP contribution in [0.2, 0.25) is 5.02 Å². The molecule has 0 unspecified atom stereocenters. The zero-order chi connectivity index (χ0) is 13.0. The summed E-state index contributed by atoms with van der Waals surface area (Å²) in [5.41, 5.74) is 2.74. The third-order valence-electron chi connectivity index (χ3n) is 2.78. The van der Waals surface area contributed by atoms with E-state index in [0.717, 1.165) is 22.7 Å². The van der Waals surface area contributed by atoms with Gasteiger partial charge in [-0.2, -0.15) is 0 Å². The number of halogens is 2. The summed E-state index contributed by atoms with van der Waals surface area (Å²) < 4.78 is 13.3. The smallest absolute Gasteiger partial charge is 0.126 e. The molecule has 0 aromatic heterocycles. The van der Waals surface area contributed by atoms with Gasteiger partial charge in [0.25, 0.3) is 0 Å². The van der Waals surface area contributed by atoms with Crippen molar-refractivity contribution in [1.82, 2.24) is 5.32 Å². The summed E-state index contributed by atoms with van der Waals surface area (Å²) >= 11 is 5.90. The Bertz CT molecular complexity index is 540. The van der Waals surface area contributed by atoms with E-state index in [-0.39, 0.29) is 5.82 Å². The first-order chi connectivity index (χ1) is 8.65. The van der Waals surface area contributed by atoms with Crippen LogP contribution < -0.4 is 5.32 Å². The number of aryl methyl sites for hydroxylation is 1. The zero-order valence-corrected chi connectivity index (χ0v) is 11.0. The van der Waals surface area contributed by atoms with Gasteiger partial charge >= 0.3 is 0 Å². The van der Waals surface area contributed by atoms with Crippen LogP contribution in [0, 0.1) is 12.7 Å². The van der Waals surface area contributed by atoms with Crippen molar-refractivity contribution < 1.29 is 4.39 Å². The maximum atomic E-state index is 13.3. The Balaban J connectivity index is 1.90. The van der Waals surface area contributed by atoms with Crippen molar-refractivity contribution in [3.05, 3.63) is 70.0 Å². The third kappa shape index (κ3) is 3.56. The Morgan fingerprint density at radius 2 is 1.78 bits per heavy atom. The van der Waals surface area contributed by atoms with Crippen LogP contribution in [0.3, 0.4) is 0 Å². The van der Waals surface area contributed by atoms with Gasteiger partial charge in [0.2, 0.25) is 0 Å². The van der Waals surface area contributed by atoms with Gasteiger partial charge in [0.15, 0.2) is 0 Å². The van der Waals surface area contributed by atoms with Crippen LogP contribution in [-0.4, -0.2) is 0 Å². The van der Waals surface area contributed by atoms with Gasteiger partial charge in [-0.1, -0.05) is 35.9 Å². The highest BCUT2D eigenvalue weighted by atomic mass is 35.5. The first-order valence-electron chi connectivity index (χ1n) is 5.85. The van der Waals surface area contributed by atoms with Crippen LogP contribution in [0.4, 0.5) is 4.39 Å². The maximum Gasteiger partial charge on any atom is 0.126 e. The second-order valence-corrected chi connectivity index (χ2v) is 4.75. The fourth-order valence-corrected chi connectivity index (χ4v) is 1.96. The molecular weight excluding hydrogens is 249 g/mol. The number of nitrogens with one attached hydrogen (secondary N) is 1. The molecule has 2 aromatic rings. The second-order valence-electron chi connectivity index (χ2n) is 4.32. The molecule has 1 nitrogen and oxygen atoms in total. The normalized spacial score (nSPS) is 10.6. The molecule has 0 amide bonds. The summed E-state index contributed by atoms with van der Waals surface area (Å²) in [5, 5.41) is 4.00. The molecule has 0 fully saturated rings. The first kappa shape index (κ1) is 13.1. The molecule has 0 aliphatic carbocycles. The van der Waals surface area contributed by atoms with Crippen molar-refractivity contribution in [1.29, 1.82) is 0 Å². The minimum absolute atomic E-state index is 0.156. The molecule has 0 aliphatic heterocycles. The Kier molecular flexibility index (Phi) is 4.34. The van der Waals surface area contributed by atoms with Crippen LogP contribution in [0.15, 0.2) is 42.5 Å². The Morgan fingerprint density at radius 1 is 1.06 bits per heavy atom. The summed E-state index contributed by atoms with van der Waals surface area (Å²) in [7, 11) is 0. The molecule has 0 saturated carbocycles. The van der Waals surface area contributed by atoms with Crippen LogP contribution >= 0.6 is 11.6 Å². The Labute approximate surface area is 112 Å². The molecule has 0 spiro atoms. The van der Waals surface area contributed by atoms with Crippen LogP contribution in [0.25, 0.3) is 0 Å². The van der Waals surface area contributed by atoms with E-state index < -0.39 is 0 Å². The molecule has 0 heterocycles. The molecule has 2 rings (SSSR count). The molecule has 2 aromatic carbocycles. The largest absolute Gasteiger partial charge is 0.309 e. The molecule has 0 aliphatic rings. The molecule has 0 radical (unpaired) electrons. The van der Waals surface area contributed by atoms with Crippen LogP contribution in [0.1, 0.15) is 16.7 Å². The van der Waals surface area contributed by atoms with E-state index in [1.807, 2.05) is 30.3 Å². The highest BCUT2D eigenvalue weighted by molar-refractivity contribution is 6.30. The van der Waals surface area contributed by atoms with E-state index >= 15 is 0 Å². The summed E-state index contributed by atoms with van der Waals surface area (Å²) in [6.45, 7) is 3.12. The molecule has 1 N–H and O–H groups in total. The standard InChI is InChI=1S/C15H15ClFN/c1-11-5-6-13(8-15(11)17)10-18-9-12-3-2-4-14(16)7-12/h2-8,18H,9-10H2,1H3. The summed E-state index contributed by atoms with van der Waals surface area (Å²) in [4.78, 5) is 0. The van der Waals surface area contributed by atoms with Crippen molar-refractivity contribution in [2.45, 2.75) is 20.0 Å². The minimum Gasteiger partial charge on any atom is -0.309 e. The van der Waals surface area contributed by atoms with Gasteiger partial charge in [0.1, 0.15) is 5.82 Å². The quantitative estimate of drug-likeness (QED) is 0.877. The minimum atomic E-state index is -0.156. The van der Waals surface area contributed by atoms with Gasteiger partial charge in [-0.05, 0) is 41.8 Å². The lowest BCUT2D eigenvalue weighted by Gasteiger charge is -2.06. The molecule has 18 heavy (non-hydrogen) atoms. The average molecular weight is 264 g/mol. The highest BCUT2D eigenvalue weighted by Gasteiger charge is 1.99. The lowest BCUT2D eigenvalue weighted by molar-refractivity contribution is 0.611. The van der Waals surface area contributed by atoms with Crippen molar-refractivity contribution in [3.8, 4) is 0 Å². The van der Waals surface area contributed by atoms with Gasteiger partial charge in [0.05, 0.1) is 0 Å². The second kappa shape index (κ2) is 5.98. The van der Waals surface area contributed by atoms with Crippen molar-refractivity contribution in [3.63, 3.8) is 0 Å². The lowest BCUT2D eigenvalue weighted by atomic mass is 10.1. The Morgan fingerprint density at radius 3 is 2.44 bits per heavy atom. The number of benzene rings is 2. The number of hydrogen-bond acceptors (Lipinski definition) is 1. The lowest BCUT2D eigenvalue weighted by Crippen LogP contribution is -2.12. The van der Waals surface area contributed by atoms with Crippen LogP contribution in [0.5, 0.6) is 0 Å². The predicted molar refractivity (Wildman–Crippen MR) is 73.1 cm³/mol. The fourth-order valence-electron chi connectivity index (χ4n) is 1.74. The van der Waals surface area contributed by atoms with E-state index in [4.69, 9.17) is 11.6 Å². The summed E-state index contributed by atoms with van der Waals surface area (Å²) in [6.07, 6.45) is 0. The first-order valence-corrected chi connectivity index (χ1v) is 6.23. The number of rotatable bonds is 4. The van der Waals surface area contributed by atoms with E-state index in [0.29, 0.717) is 12.1 Å². The average Bonchev–Trinajstić information content (AvgIpc) is 2.34. The van der Waals surface area contributed by atoms with E-state index in [9.17, 15) is 4.39 Å². The highest BCUT2D eigenvalue weighted by Crippen LogP contribution is 2.11. The van der Waals surface area contributed by atoms with Crippen molar-refractivity contribution in [2.24, 2.45) is 0 Å². The monoisotopic (exact) mass is 263 g/mol. The van der Waals surface area contributed by atoms with Gasteiger partial charge in [0, 0.05) is 18.1 Å². The van der Waals surface area contributed by atoms with Gasteiger partial charge in [-0.3, -0.25) is 0 Å². The maximum absolute atomic E-state index is 13.3. The summed E-state index contributed by atoms with van der Waals surface area (Å²) in [5.74, 6) is -0.156. The molecule has 94 valence electrons.